The normalized spacial score (nSPS) is 12.6. The third kappa shape index (κ3) is 13.7. The van der Waals surface area contributed by atoms with Crippen LogP contribution in [0.4, 0.5) is 0 Å². The van der Waals surface area contributed by atoms with Gasteiger partial charge < -0.3 is 10.6 Å². The lowest BCUT2D eigenvalue weighted by atomic mass is 10.1. The lowest BCUT2D eigenvalue weighted by molar-refractivity contribution is -0.118. The van der Waals surface area contributed by atoms with Gasteiger partial charge >= 0.3 is 0 Å². The molecule has 0 saturated heterocycles. The number of thioether (sulfide) groups is 1. The molecule has 0 rings (SSSR count). The highest BCUT2D eigenvalue weighted by atomic mass is 32.2. The van der Waals surface area contributed by atoms with Crippen molar-refractivity contribution in [3.63, 3.8) is 0 Å². The van der Waals surface area contributed by atoms with Gasteiger partial charge in [0.2, 0.25) is 5.91 Å². The summed E-state index contributed by atoms with van der Waals surface area (Å²) in [4.78, 5) is 11.5. The molecule has 0 aromatic carbocycles. The van der Waals surface area contributed by atoms with E-state index in [1.165, 1.54) is 0 Å². The second kappa shape index (κ2) is 7.27. The molecule has 0 aliphatic rings. The second-order valence-electron chi connectivity index (χ2n) is 6.28. The Bertz CT molecular complexity index is 229. The van der Waals surface area contributed by atoms with Crippen LogP contribution < -0.4 is 10.6 Å². The van der Waals surface area contributed by atoms with Crippen LogP contribution in [-0.2, 0) is 4.79 Å². The van der Waals surface area contributed by atoms with Gasteiger partial charge in [-0.05, 0) is 33.7 Å². The molecule has 17 heavy (non-hydrogen) atoms. The molecule has 4 heteroatoms. The van der Waals surface area contributed by atoms with Crippen molar-refractivity contribution >= 4 is 17.7 Å². The van der Waals surface area contributed by atoms with Gasteiger partial charge in [0.05, 0.1) is 5.75 Å². The summed E-state index contributed by atoms with van der Waals surface area (Å²) in [6.45, 7) is 14.5. The fourth-order valence-electron chi connectivity index (χ4n) is 1.11. The highest BCUT2D eigenvalue weighted by Crippen LogP contribution is 2.22. The summed E-state index contributed by atoms with van der Waals surface area (Å²) in [5.41, 5.74) is 0.159. The topological polar surface area (TPSA) is 41.1 Å². The molecule has 0 radical (unpaired) electrons. The Hall–Kier alpha value is -0.220. The van der Waals surface area contributed by atoms with Crippen molar-refractivity contribution < 1.29 is 4.79 Å². The molecular weight excluding hydrogens is 232 g/mol. The number of carbonyl (C=O) groups is 1. The lowest BCUT2D eigenvalue weighted by Gasteiger charge is -2.20. The third-order valence-electron chi connectivity index (χ3n) is 1.97. The Labute approximate surface area is 111 Å². The van der Waals surface area contributed by atoms with Crippen LogP contribution in [0.3, 0.4) is 0 Å². The molecule has 102 valence electrons. The summed E-state index contributed by atoms with van der Waals surface area (Å²) < 4.78 is 0.158. The zero-order valence-corrected chi connectivity index (χ0v) is 13.0. The first-order valence-electron chi connectivity index (χ1n) is 6.26. The predicted molar refractivity (Wildman–Crippen MR) is 77.6 cm³/mol. The summed E-state index contributed by atoms with van der Waals surface area (Å²) in [7, 11) is 0. The summed E-state index contributed by atoms with van der Waals surface area (Å²) >= 11 is 1.68. The number of nitrogens with one attached hydrogen (secondary N) is 2. The van der Waals surface area contributed by atoms with E-state index in [4.69, 9.17) is 0 Å². The molecule has 3 nitrogen and oxygen atoms in total. The van der Waals surface area contributed by atoms with Crippen LogP contribution in [0.1, 0.15) is 48.0 Å². The Morgan fingerprint density at radius 1 is 1.06 bits per heavy atom. The molecule has 0 spiro atoms. The van der Waals surface area contributed by atoms with Crippen molar-refractivity contribution in [1.29, 1.82) is 0 Å². The fourth-order valence-corrected chi connectivity index (χ4v) is 1.78. The number of rotatable bonds is 6. The number of carbonyl (C=O) groups excluding carboxylic acids is 1. The average molecular weight is 260 g/mol. The van der Waals surface area contributed by atoms with Gasteiger partial charge in [0.15, 0.2) is 0 Å². The van der Waals surface area contributed by atoms with Crippen LogP contribution >= 0.6 is 11.8 Å². The van der Waals surface area contributed by atoms with E-state index in [0.29, 0.717) is 5.75 Å². The maximum Gasteiger partial charge on any atom is 0.230 e. The summed E-state index contributed by atoms with van der Waals surface area (Å²) in [6.07, 6.45) is 0.975. The minimum absolute atomic E-state index is 0.140. The van der Waals surface area contributed by atoms with Gasteiger partial charge in [0.25, 0.3) is 0 Å². The Balaban J connectivity index is 3.47. The Morgan fingerprint density at radius 2 is 1.65 bits per heavy atom. The standard InChI is InChI=1S/C13H28N2OS/c1-12(2,3)15-9-7-8-14-11(16)10-17-13(4,5)6/h15H,7-10H2,1-6H3,(H,14,16). The summed E-state index contributed by atoms with van der Waals surface area (Å²) in [5, 5.41) is 6.34. The van der Waals surface area contributed by atoms with Crippen LogP contribution in [0.5, 0.6) is 0 Å². The van der Waals surface area contributed by atoms with Crippen molar-refractivity contribution in [2.45, 2.75) is 58.2 Å². The van der Waals surface area contributed by atoms with Crippen LogP contribution in [0.25, 0.3) is 0 Å². The molecule has 2 N–H and O–H groups in total. The van der Waals surface area contributed by atoms with Crippen molar-refractivity contribution in [2.24, 2.45) is 0 Å². The molecule has 0 aliphatic carbocycles. The van der Waals surface area contributed by atoms with E-state index in [2.05, 4.69) is 52.2 Å². The SMILES string of the molecule is CC(C)(C)NCCCNC(=O)CSC(C)(C)C. The van der Waals surface area contributed by atoms with E-state index in [0.717, 1.165) is 19.5 Å². The smallest absolute Gasteiger partial charge is 0.230 e. The zero-order chi connectivity index (χ0) is 13.5. The molecule has 0 heterocycles. The Kier molecular flexibility index (Phi) is 7.17. The first-order chi connectivity index (χ1) is 7.60. The van der Waals surface area contributed by atoms with Gasteiger partial charge in [0, 0.05) is 16.8 Å². The minimum Gasteiger partial charge on any atom is -0.355 e. The number of hydrogen-bond donors (Lipinski definition) is 2. The second-order valence-corrected chi connectivity index (χ2v) is 8.08. The van der Waals surface area contributed by atoms with E-state index in [-0.39, 0.29) is 16.2 Å². The van der Waals surface area contributed by atoms with Crippen molar-refractivity contribution in [1.82, 2.24) is 10.6 Å². The molecule has 0 aliphatic heterocycles. The molecule has 0 fully saturated rings. The monoisotopic (exact) mass is 260 g/mol. The third-order valence-corrected chi connectivity index (χ3v) is 3.24. The zero-order valence-electron chi connectivity index (χ0n) is 12.1. The van der Waals surface area contributed by atoms with E-state index in [9.17, 15) is 4.79 Å². The summed E-state index contributed by atoms with van der Waals surface area (Å²) in [6, 6.07) is 0. The van der Waals surface area contributed by atoms with Crippen LogP contribution in [0.15, 0.2) is 0 Å². The van der Waals surface area contributed by atoms with Crippen molar-refractivity contribution in [3.05, 3.63) is 0 Å². The van der Waals surface area contributed by atoms with Crippen LogP contribution in [-0.4, -0.2) is 35.0 Å². The highest BCUT2D eigenvalue weighted by Gasteiger charge is 2.13. The predicted octanol–water partition coefficient (Wildman–Crippen LogP) is 2.41. The summed E-state index contributed by atoms with van der Waals surface area (Å²) in [5.74, 6) is 0.691. The quantitative estimate of drug-likeness (QED) is 0.721. The number of amides is 1. The van der Waals surface area contributed by atoms with Crippen molar-refractivity contribution in [2.75, 3.05) is 18.8 Å². The van der Waals surface area contributed by atoms with Gasteiger partial charge in [-0.25, -0.2) is 0 Å². The fraction of sp³-hybridized carbons (Fsp3) is 0.923. The van der Waals surface area contributed by atoms with Gasteiger partial charge in [-0.3, -0.25) is 4.79 Å². The van der Waals surface area contributed by atoms with Gasteiger partial charge in [0.1, 0.15) is 0 Å². The van der Waals surface area contributed by atoms with E-state index < -0.39 is 0 Å². The van der Waals surface area contributed by atoms with Gasteiger partial charge in [-0.2, -0.15) is 0 Å². The maximum atomic E-state index is 11.5. The molecule has 1 amide bonds. The van der Waals surface area contributed by atoms with Gasteiger partial charge in [-0.15, -0.1) is 11.8 Å². The minimum atomic E-state index is 0.140. The van der Waals surface area contributed by atoms with E-state index in [1.807, 2.05) is 0 Å². The first kappa shape index (κ1) is 16.8. The Morgan fingerprint density at radius 3 is 2.12 bits per heavy atom. The lowest BCUT2D eigenvalue weighted by Crippen LogP contribution is -2.38. The molecule has 0 bridgehead atoms. The molecule has 0 saturated carbocycles. The van der Waals surface area contributed by atoms with Crippen LogP contribution in [0, 0.1) is 0 Å². The van der Waals surface area contributed by atoms with E-state index in [1.54, 1.807) is 11.8 Å². The largest absolute Gasteiger partial charge is 0.355 e. The van der Waals surface area contributed by atoms with Crippen LogP contribution in [0.2, 0.25) is 0 Å². The van der Waals surface area contributed by atoms with Gasteiger partial charge in [-0.1, -0.05) is 20.8 Å². The molecule has 0 aromatic heterocycles. The molecular formula is C13H28N2OS. The first-order valence-corrected chi connectivity index (χ1v) is 7.24. The molecule has 0 unspecified atom stereocenters. The molecule has 0 atom stereocenters. The average Bonchev–Trinajstić information content (AvgIpc) is 2.11. The highest BCUT2D eigenvalue weighted by molar-refractivity contribution is 8.01. The van der Waals surface area contributed by atoms with E-state index >= 15 is 0 Å². The molecule has 0 aromatic rings. The maximum absolute atomic E-state index is 11.5. The van der Waals surface area contributed by atoms with Crippen molar-refractivity contribution in [3.8, 4) is 0 Å². The number of hydrogen-bond acceptors (Lipinski definition) is 3.